The predicted molar refractivity (Wildman–Crippen MR) is 71.1 cm³/mol. The lowest BCUT2D eigenvalue weighted by Gasteiger charge is -2.29. The van der Waals surface area contributed by atoms with E-state index in [-0.39, 0.29) is 0 Å². The summed E-state index contributed by atoms with van der Waals surface area (Å²) < 4.78 is 0. The number of carboxylic acid groups (broad SMARTS) is 1. The monoisotopic (exact) mass is 239 g/mol. The van der Waals surface area contributed by atoms with Crippen molar-refractivity contribution in [2.24, 2.45) is 5.73 Å². The Balaban J connectivity index is 2.33. The van der Waals surface area contributed by atoms with E-state index in [1.807, 2.05) is 48.6 Å². The first-order valence-corrected chi connectivity index (χ1v) is 5.83. The number of hydrogen-bond donors (Lipinski definition) is 2. The van der Waals surface area contributed by atoms with E-state index in [1.165, 1.54) is 0 Å². The maximum absolute atomic E-state index is 11.4. The summed E-state index contributed by atoms with van der Waals surface area (Å²) in [6.45, 7) is 0. The van der Waals surface area contributed by atoms with Crippen LogP contribution in [0.4, 0.5) is 0 Å². The molecular formula is C15H13NO2. The van der Waals surface area contributed by atoms with Crippen LogP contribution in [0.25, 0.3) is 16.8 Å². The number of hydrogen-bond acceptors (Lipinski definition) is 2. The van der Waals surface area contributed by atoms with Gasteiger partial charge in [-0.05, 0) is 40.5 Å². The van der Waals surface area contributed by atoms with Crippen LogP contribution in [0, 0.1) is 0 Å². The molecule has 0 fully saturated rings. The van der Waals surface area contributed by atoms with Gasteiger partial charge in [0.15, 0.2) is 0 Å². The molecule has 1 aliphatic carbocycles. The van der Waals surface area contributed by atoms with Crippen LogP contribution in [0.3, 0.4) is 0 Å². The predicted octanol–water partition coefficient (Wildman–Crippen LogP) is 2.50. The van der Waals surface area contributed by atoms with E-state index in [9.17, 15) is 9.90 Å². The second kappa shape index (κ2) is 3.68. The molecule has 18 heavy (non-hydrogen) atoms. The Morgan fingerprint density at radius 2 is 1.89 bits per heavy atom. The molecule has 3 rings (SSSR count). The van der Waals surface area contributed by atoms with Crippen LogP contribution >= 0.6 is 0 Å². The van der Waals surface area contributed by atoms with Gasteiger partial charge in [0.1, 0.15) is 5.54 Å². The van der Waals surface area contributed by atoms with Gasteiger partial charge in [0.2, 0.25) is 0 Å². The number of rotatable bonds is 1. The summed E-state index contributed by atoms with van der Waals surface area (Å²) in [5, 5.41) is 11.5. The fraction of sp³-hybridized carbons (Fsp3) is 0.133. The molecule has 3 heteroatoms. The molecule has 90 valence electrons. The smallest absolute Gasteiger partial charge is 0.328 e. The minimum Gasteiger partial charge on any atom is -0.480 e. The van der Waals surface area contributed by atoms with Crippen molar-refractivity contribution in [3.05, 3.63) is 53.6 Å². The number of benzene rings is 2. The van der Waals surface area contributed by atoms with Gasteiger partial charge in [0, 0.05) is 0 Å². The van der Waals surface area contributed by atoms with Crippen LogP contribution in [0.2, 0.25) is 0 Å². The van der Waals surface area contributed by atoms with Gasteiger partial charge in [0.05, 0.1) is 0 Å². The summed E-state index contributed by atoms with van der Waals surface area (Å²) in [6.07, 6.45) is 4.09. The Kier molecular flexibility index (Phi) is 2.25. The molecule has 2 aromatic rings. The van der Waals surface area contributed by atoms with Crippen LogP contribution in [0.15, 0.2) is 42.5 Å². The highest BCUT2D eigenvalue weighted by Gasteiger charge is 2.38. The zero-order valence-electron chi connectivity index (χ0n) is 9.76. The molecule has 0 amide bonds. The lowest BCUT2D eigenvalue weighted by atomic mass is 9.80. The lowest BCUT2D eigenvalue weighted by Crippen LogP contribution is -2.45. The molecule has 1 atom stereocenters. The third-order valence-electron chi connectivity index (χ3n) is 3.52. The SMILES string of the molecule is NC1(C(=O)O)CC=Cc2cc3ccccc3cc21. The minimum absolute atomic E-state index is 0.327. The second-order valence-corrected chi connectivity index (χ2v) is 4.67. The molecule has 0 aromatic heterocycles. The topological polar surface area (TPSA) is 63.3 Å². The van der Waals surface area contributed by atoms with Crippen LogP contribution in [-0.4, -0.2) is 11.1 Å². The van der Waals surface area contributed by atoms with Gasteiger partial charge in [-0.2, -0.15) is 0 Å². The Bertz CT molecular complexity index is 675. The molecular weight excluding hydrogens is 226 g/mol. The molecule has 3 N–H and O–H groups in total. The second-order valence-electron chi connectivity index (χ2n) is 4.67. The average Bonchev–Trinajstić information content (AvgIpc) is 2.37. The third-order valence-corrected chi connectivity index (χ3v) is 3.52. The average molecular weight is 239 g/mol. The van der Waals surface area contributed by atoms with Gasteiger partial charge in [-0.1, -0.05) is 36.4 Å². The minimum atomic E-state index is -1.31. The summed E-state index contributed by atoms with van der Waals surface area (Å²) in [5.74, 6) is -0.983. The van der Waals surface area contributed by atoms with Gasteiger partial charge in [0.25, 0.3) is 0 Å². The van der Waals surface area contributed by atoms with E-state index in [0.717, 1.165) is 16.3 Å². The fourth-order valence-electron chi connectivity index (χ4n) is 2.47. The Morgan fingerprint density at radius 1 is 1.22 bits per heavy atom. The molecule has 1 aliphatic rings. The van der Waals surface area contributed by atoms with Crippen molar-refractivity contribution in [1.29, 1.82) is 0 Å². The fourth-order valence-corrected chi connectivity index (χ4v) is 2.47. The largest absolute Gasteiger partial charge is 0.480 e. The summed E-state index contributed by atoms with van der Waals surface area (Å²) >= 11 is 0. The van der Waals surface area contributed by atoms with Gasteiger partial charge in [-0.25, -0.2) is 4.79 Å². The number of fused-ring (bicyclic) bond motifs is 2. The Morgan fingerprint density at radius 3 is 2.56 bits per heavy atom. The van der Waals surface area contributed by atoms with E-state index < -0.39 is 11.5 Å². The number of nitrogens with two attached hydrogens (primary N) is 1. The van der Waals surface area contributed by atoms with E-state index in [2.05, 4.69) is 0 Å². The van der Waals surface area contributed by atoms with E-state index in [1.54, 1.807) is 0 Å². The van der Waals surface area contributed by atoms with Crippen molar-refractivity contribution >= 4 is 22.8 Å². The van der Waals surface area contributed by atoms with Gasteiger partial charge in [-0.15, -0.1) is 0 Å². The molecule has 0 bridgehead atoms. The number of aliphatic carboxylic acids is 1. The molecule has 0 radical (unpaired) electrons. The summed E-state index contributed by atoms with van der Waals surface area (Å²) in [4.78, 5) is 11.4. The van der Waals surface area contributed by atoms with Crippen molar-refractivity contribution in [2.75, 3.05) is 0 Å². The molecule has 0 aliphatic heterocycles. The molecule has 0 spiro atoms. The summed E-state index contributed by atoms with van der Waals surface area (Å²) in [7, 11) is 0. The van der Waals surface area contributed by atoms with E-state index in [4.69, 9.17) is 5.73 Å². The molecule has 0 saturated heterocycles. The van der Waals surface area contributed by atoms with Crippen molar-refractivity contribution in [3.63, 3.8) is 0 Å². The summed E-state index contributed by atoms with van der Waals surface area (Å²) in [6, 6.07) is 11.8. The van der Waals surface area contributed by atoms with E-state index in [0.29, 0.717) is 12.0 Å². The van der Waals surface area contributed by atoms with Crippen LogP contribution in [-0.2, 0) is 10.3 Å². The quantitative estimate of drug-likeness (QED) is 0.803. The highest BCUT2D eigenvalue weighted by atomic mass is 16.4. The number of carbonyl (C=O) groups is 1. The zero-order valence-corrected chi connectivity index (χ0v) is 9.76. The lowest BCUT2D eigenvalue weighted by molar-refractivity contribution is -0.143. The van der Waals surface area contributed by atoms with Crippen molar-refractivity contribution in [2.45, 2.75) is 12.0 Å². The molecule has 1 unspecified atom stereocenters. The molecule has 3 nitrogen and oxygen atoms in total. The molecule has 0 saturated carbocycles. The van der Waals surface area contributed by atoms with Crippen LogP contribution in [0.1, 0.15) is 17.5 Å². The maximum atomic E-state index is 11.4. The first-order valence-electron chi connectivity index (χ1n) is 5.83. The summed E-state index contributed by atoms with van der Waals surface area (Å²) in [5.41, 5.74) is 6.33. The third kappa shape index (κ3) is 1.45. The highest BCUT2D eigenvalue weighted by molar-refractivity contribution is 5.91. The number of carboxylic acids is 1. The van der Waals surface area contributed by atoms with Crippen molar-refractivity contribution in [1.82, 2.24) is 0 Å². The van der Waals surface area contributed by atoms with E-state index >= 15 is 0 Å². The normalized spacial score (nSPS) is 21.8. The molecule has 2 aromatic carbocycles. The first-order chi connectivity index (χ1) is 8.61. The van der Waals surface area contributed by atoms with Crippen molar-refractivity contribution in [3.8, 4) is 0 Å². The van der Waals surface area contributed by atoms with Crippen LogP contribution < -0.4 is 5.73 Å². The van der Waals surface area contributed by atoms with Crippen LogP contribution in [0.5, 0.6) is 0 Å². The van der Waals surface area contributed by atoms with Crippen molar-refractivity contribution < 1.29 is 9.90 Å². The maximum Gasteiger partial charge on any atom is 0.328 e. The molecule has 0 heterocycles. The first kappa shape index (κ1) is 11.0. The Labute approximate surface area is 105 Å². The highest BCUT2D eigenvalue weighted by Crippen LogP contribution is 2.34. The Hall–Kier alpha value is -2.13. The standard InChI is InChI=1S/C15H13NO2/c16-15(14(17)18)7-3-6-12-8-10-4-1-2-5-11(10)9-13(12)15/h1-6,8-9H,7,16H2,(H,17,18). The zero-order chi connectivity index (χ0) is 12.8. The van der Waals surface area contributed by atoms with Gasteiger partial charge in [-0.3, -0.25) is 0 Å². The van der Waals surface area contributed by atoms with Gasteiger partial charge < -0.3 is 10.8 Å². The van der Waals surface area contributed by atoms with Gasteiger partial charge >= 0.3 is 5.97 Å².